The van der Waals surface area contributed by atoms with Crippen LogP contribution in [0.1, 0.15) is 23.3 Å². The fourth-order valence-corrected chi connectivity index (χ4v) is 1.46. The van der Waals surface area contributed by atoms with Crippen LogP contribution in [0.25, 0.3) is 0 Å². The molecular formula is C8H9N3O3. The summed E-state index contributed by atoms with van der Waals surface area (Å²) in [5.41, 5.74) is -0.0596. The lowest BCUT2D eigenvalue weighted by Gasteiger charge is -2.23. The van der Waals surface area contributed by atoms with Gasteiger partial charge in [0.05, 0.1) is 6.20 Å². The Morgan fingerprint density at radius 1 is 1.64 bits per heavy atom. The maximum Gasteiger partial charge on any atom is 0.358 e. The van der Waals surface area contributed by atoms with Crippen LogP contribution in [0.3, 0.4) is 0 Å². The second-order valence-electron chi connectivity index (χ2n) is 3.44. The van der Waals surface area contributed by atoms with Crippen molar-refractivity contribution in [3.63, 3.8) is 0 Å². The van der Waals surface area contributed by atoms with Crippen LogP contribution < -0.4 is 0 Å². The lowest BCUT2D eigenvalue weighted by Crippen LogP contribution is -2.27. The summed E-state index contributed by atoms with van der Waals surface area (Å²) in [5.74, 6) is -0.527. The topological polar surface area (TPSA) is 85.1 Å². The minimum absolute atomic E-state index is 0.0596. The molecule has 1 aliphatic carbocycles. The number of carboxylic acid groups (broad SMARTS) is 1. The SMILES string of the molecule is O=C1CC(Cn2cc(C(=O)O)nn2)C1. The summed E-state index contributed by atoms with van der Waals surface area (Å²) in [4.78, 5) is 21.1. The predicted octanol–water partition coefficient (Wildman–Crippen LogP) is -0.0446. The number of rotatable bonds is 3. The molecule has 2 rings (SSSR count). The Labute approximate surface area is 79.5 Å². The van der Waals surface area contributed by atoms with Crippen molar-refractivity contribution in [2.24, 2.45) is 5.92 Å². The van der Waals surface area contributed by atoms with Crippen LogP contribution in [0.15, 0.2) is 6.20 Å². The highest BCUT2D eigenvalue weighted by atomic mass is 16.4. The second-order valence-corrected chi connectivity index (χ2v) is 3.44. The van der Waals surface area contributed by atoms with E-state index in [0.29, 0.717) is 25.3 Å². The largest absolute Gasteiger partial charge is 0.476 e. The highest BCUT2D eigenvalue weighted by Crippen LogP contribution is 2.23. The third-order valence-electron chi connectivity index (χ3n) is 2.24. The fraction of sp³-hybridized carbons (Fsp3) is 0.500. The highest BCUT2D eigenvalue weighted by molar-refractivity contribution is 5.85. The average molecular weight is 195 g/mol. The zero-order valence-corrected chi connectivity index (χ0v) is 7.38. The Bertz CT molecular complexity index is 377. The van der Waals surface area contributed by atoms with Gasteiger partial charge in [0.15, 0.2) is 5.69 Å². The van der Waals surface area contributed by atoms with Gasteiger partial charge < -0.3 is 5.11 Å². The van der Waals surface area contributed by atoms with Crippen LogP contribution in [0.4, 0.5) is 0 Å². The van der Waals surface area contributed by atoms with E-state index in [1.807, 2.05) is 0 Å². The van der Waals surface area contributed by atoms with Crippen molar-refractivity contribution < 1.29 is 14.7 Å². The molecule has 1 saturated carbocycles. The van der Waals surface area contributed by atoms with Gasteiger partial charge in [-0.25, -0.2) is 4.79 Å². The molecule has 0 spiro atoms. The molecule has 6 nitrogen and oxygen atoms in total. The van der Waals surface area contributed by atoms with Crippen LogP contribution in [0.2, 0.25) is 0 Å². The molecule has 74 valence electrons. The molecule has 0 saturated heterocycles. The molecular weight excluding hydrogens is 186 g/mol. The smallest absolute Gasteiger partial charge is 0.358 e. The molecule has 1 aromatic rings. The number of aromatic nitrogens is 3. The Balaban J connectivity index is 1.96. The number of nitrogens with zero attached hydrogens (tertiary/aromatic N) is 3. The monoisotopic (exact) mass is 195 g/mol. The maximum absolute atomic E-state index is 10.7. The van der Waals surface area contributed by atoms with Crippen LogP contribution in [0.5, 0.6) is 0 Å². The van der Waals surface area contributed by atoms with Gasteiger partial charge in [-0.2, -0.15) is 0 Å². The summed E-state index contributed by atoms with van der Waals surface area (Å²) in [6.45, 7) is 0.575. The lowest BCUT2D eigenvalue weighted by molar-refractivity contribution is -0.127. The molecule has 1 heterocycles. The molecule has 0 amide bonds. The van der Waals surface area contributed by atoms with Gasteiger partial charge in [0.25, 0.3) is 0 Å². The minimum atomic E-state index is -1.08. The van der Waals surface area contributed by atoms with Crippen molar-refractivity contribution >= 4 is 11.8 Å². The predicted molar refractivity (Wildman–Crippen MR) is 44.7 cm³/mol. The summed E-state index contributed by atoms with van der Waals surface area (Å²) < 4.78 is 1.47. The molecule has 1 N–H and O–H groups in total. The van der Waals surface area contributed by atoms with Crippen LogP contribution in [0, 0.1) is 5.92 Å². The number of carboxylic acids is 1. The molecule has 0 bridgehead atoms. The van der Waals surface area contributed by atoms with E-state index in [1.165, 1.54) is 10.9 Å². The summed E-state index contributed by atoms with van der Waals surface area (Å²) in [6.07, 6.45) is 2.52. The van der Waals surface area contributed by atoms with Crippen molar-refractivity contribution in [3.05, 3.63) is 11.9 Å². The van der Waals surface area contributed by atoms with E-state index in [0.717, 1.165) is 0 Å². The van der Waals surface area contributed by atoms with Crippen LogP contribution in [-0.4, -0.2) is 31.9 Å². The molecule has 0 radical (unpaired) electrons. The van der Waals surface area contributed by atoms with Crippen molar-refractivity contribution in [1.29, 1.82) is 0 Å². The number of carbonyl (C=O) groups excluding carboxylic acids is 1. The Hall–Kier alpha value is -1.72. The second kappa shape index (κ2) is 3.21. The first kappa shape index (κ1) is 8.86. The third kappa shape index (κ3) is 1.63. The summed E-state index contributed by atoms with van der Waals surface area (Å²) in [6, 6.07) is 0. The Morgan fingerprint density at radius 3 is 2.86 bits per heavy atom. The van der Waals surface area contributed by atoms with E-state index >= 15 is 0 Å². The van der Waals surface area contributed by atoms with Gasteiger partial charge in [0.2, 0.25) is 0 Å². The zero-order valence-electron chi connectivity index (χ0n) is 7.38. The molecule has 0 atom stereocenters. The number of Topliss-reactive ketones (excluding diaryl/α,β-unsaturated/α-hetero) is 1. The molecule has 1 aromatic heterocycles. The quantitative estimate of drug-likeness (QED) is 0.731. The first-order chi connectivity index (χ1) is 6.65. The number of aromatic carboxylic acids is 1. The minimum Gasteiger partial charge on any atom is -0.476 e. The Kier molecular flexibility index (Phi) is 2.03. The standard InChI is InChI=1S/C8H9N3O3/c12-6-1-5(2-6)3-11-4-7(8(13)14)9-10-11/h4-5H,1-3H2,(H,13,14). The molecule has 14 heavy (non-hydrogen) atoms. The van der Waals surface area contributed by atoms with Crippen LogP contribution in [-0.2, 0) is 11.3 Å². The first-order valence-corrected chi connectivity index (χ1v) is 4.30. The average Bonchev–Trinajstić information content (AvgIpc) is 2.50. The summed E-state index contributed by atoms with van der Waals surface area (Å²) in [5, 5.41) is 15.7. The third-order valence-corrected chi connectivity index (χ3v) is 2.24. The first-order valence-electron chi connectivity index (χ1n) is 4.30. The molecule has 6 heteroatoms. The summed E-state index contributed by atoms with van der Waals surface area (Å²) >= 11 is 0. The number of hydrogen-bond acceptors (Lipinski definition) is 4. The number of ketones is 1. The van der Waals surface area contributed by atoms with E-state index in [2.05, 4.69) is 10.3 Å². The van der Waals surface area contributed by atoms with Gasteiger partial charge >= 0.3 is 5.97 Å². The molecule has 1 aliphatic rings. The van der Waals surface area contributed by atoms with E-state index in [1.54, 1.807) is 0 Å². The Morgan fingerprint density at radius 2 is 2.36 bits per heavy atom. The van der Waals surface area contributed by atoms with Crippen molar-refractivity contribution in [2.45, 2.75) is 19.4 Å². The number of hydrogen-bond donors (Lipinski definition) is 1. The molecule has 0 aromatic carbocycles. The van der Waals surface area contributed by atoms with Crippen LogP contribution >= 0.6 is 0 Å². The van der Waals surface area contributed by atoms with Gasteiger partial charge in [0.1, 0.15) is 5.78 Å². The highest BCUT2D eigenvalue weighted by Gasteiger charge is 2.27. The molecule has 1 fully saturated rings. The van der Waals surface area contributed by atoms with Gasteiger partial charge in [-0.05, 0) is 5.92 Å². The number of carbonyl (C=O) groups is 2. The van der Waals surface area contributed by atoms with E-state index in [-0.39, 0.29) is 11.5 Å². The normalized spacial score (nSPS) is 16.7. The zero-order chi connectivity index (χ0) is 10.1. The van der Waals surface area contributed by atoms with Gasteiger partial charge in [-0.15, -0.1) is 5.10 Å². The summed E-state index contributed by atoms with van der Waals surface area (Å²) in [7, 11) is 0. The van der Waals surface area contributed by atoms with E-state index in [9.17, 15) is 9.59 Å². The van der Waals surface area contributed by atoms with Crippen molar-refractivity contribution in [3.8, 4) is 0 Å². The van der Waals surface area contributed by atoms with Gasteiger partial charge in [0, 0.05) is 19.4 Å². The van der Waals surface area contributed by atoms with E-state index in [4.69, 9.17) is 5.11 Å². The maximum atomic E-state index is 10.7. The fourth-order valence-electron chi connectivity index (χ4n) is 1.46. The lowest BCUT2D eigenvalue weighted by atomic mass is 9.84. The van der Waals surface area contributed by atoms with Gasteiger partial charge in [-0.1, -0.05) is 5.21 Å². The molecule has 0 aliphatic heterocycles. The van der Waals surface area contributed by atoms with E-state index < -0.39 is 5.97 Å². The van der Waals surface area contributed by atoms with Crippen molar-refractivity contribution in [2.75, 3.05) is 0 Å². The van der Waals surface area contributed by atoms with Crippen molar-refractivity contribution in [1.82, 2.24) is 15.0 Å². The molecule has 0 unspecified atom stereocenters. The van der Waals surface area contributed by atoms with Gasteiger partial charge in [-0.3, -0.25) is 9.48 Å².